The predicted octanol–water partition coefficient (Wildman–Crippen LogP) is 8.42. The van der Waals surface area contributed by atoms with Crippen LogP contribution in [0.4, 0.5) is 18.9 Å². The summed E-state index contributed by atoms with van der Waals surface area (Å²) in [6, 6.07) is 21.1. The fourth-order valence-electron chi connectivity index (χ4n) is 4.94. The Labute approximate surface area is 298 Å². The van der Waals surface area contributed by atoms with Gasteiger partial charge in [0, 0.05) is 29.1 Å². The Morgan fingerprint density at radius 3 is 2.08 bits per heavy atom. The van der Waals surface area contributed by atoms with Gasteiger partial charge in [-0.25, -0.2) is 8.42 Å². The maximum absolute atomic E-state index is 14.6. The van der Waals surface area contributed by atoms with Crippen LogP contribution in [0.15, 0.2) is 102 Å². The van der Waals surface area contributed by atoms with E-state index in [1.165, 1.54) is 35.2 Å². The number of sulfonamides is 1. The quantitative estimate of drug-likeness (QED) is 0.149. The minimum absolute atomic E-state index is 0.0236. The molecule has 0 unspecified atom stereocenters. The van der Waals surface area contributed by atoms with Crippen molar-refractivity contribution in [1.29, 1.82) is 0 Å². The van der Waals surface area contributed by atoms with E-state index in [4.69, 9.17) is 34.8 Å². The van der Waals surface area contributed by atoms with Crippen molar-refractivity contribution >= 4 is 62.3 Å². The van der Waals surface area contributed by atoms with Gasteiger partial charge in [0.1, 0.15) is 12.6 Å². The molecule has 0 aliphatic rings. The molecule has 1 N–H and O–H groups in total. The number of nitrogens with one attached hydrogen (secondary N) is 1. The molecule has 0 radical (unpaired) electrons. The zero-order valence-corrected chi connectivity index (χ0v) is 29.5. The van der Waals surface area contributed by atoms with Gasteiger partial charge in [0.2, 0.25) is 11.8 Å². The third-order valence-electron chi connectivity index (χ3n) is 7.78. The predicted molar refractivity (Wildman–Crippen MR) is 186 cm³/mol. The van der Waals surface area contributed by atoms with Gasteiger partial charge in [-0.15, -0.1) is 0 Å². The molecule has 4 aromatic carbocycles. The summed E-state index contributed by atoms with van der Waals surface area (Å²) in [5.41, 5.74) is -0.654. The highest BCUT2D eigenvalue weighted by Crippen LogP contribution is 2.37. The van der Waals surface area contributed by atoms with Crippen molar-refractivity contribution in [2.24, 2.45) is 0 Å². The standard InChI is InChI=1S/C35H33Cl3F3N3O4S/c1-3-23(2)42-34(46)32(18-24-10-6-4-7-11-24)43(21-25-14-16-27(36)20-30(25)38)33(45)22-44(49(47,48)28-12-8-5-9-13-28)31-19-26(35(39,40)41)15-17-29(31)37/h4-17,19-20,23,32H,3,18,21-22H2,1-2H3,(H,42,46)/t23-,32-/m0/s1. The fraction of sp³-hybridized carbons (Fsp3) is 0.257. The molecule has 0 spiro atoms. The highest BCUT2D eigenvalue weighted by Gasteiger charge is 2.37. The van der Waals surface area contributed by atoms with Crippen molar-refractivity contribution < 1.29 is 31.2 Å². The van der Waals surface area contributed by atoms with Crippen LogP contribution in [0.5, 0.6) is 0 Å². The first-order valence-corrected chi connectivity index (χ1v) is 17.7. The van der Waals surface area contributed by atoms with Crippen LogP contribution in [0.1, 0.15) is 37.0 Å². The maximum Gasteiger partial charge on any atom is 0.416 e. The van der Waals surface area contributed by atoms with Crippen LogP contribution < -0.4 is 9.62 Å². The van der Waals surface area contributed by atoms with E-state index in [1.807, 2.05) is 6.92 Å². The van der Waals surface area contributed by atoms with Crippen molar-refractivity contribution in [1.82, 2.24) is 10.2 Å². The van der Waals surface area contributed by atoms with Crippen LogP contribution in [-0.2, 0) is 38.8 Å². The number of hydrogen-bond acceptors (Lipinski definition) is 4. The fourth-order valence-corrected chi connectivity index (χ4v) is 7.13. The van der Waals surface area contributed by atoms with E-state index in [9.17, 15) is 31.2 Å². The molecule has 0 aromatic heterocycles. The molecule has 0 bridgehead atoms. The largest absolute Gasteiger partial charge is 0.416 e. The van der Waals surface area contributed by atoms with Gasteiger partial charge in [-0.1, -0.05) is 96.3 Å². The van der Waals surface area contributed by atoms with Crippen LogP contribution in [-0.4, -0.2) is 43.8 Å². The smallest absolute Gasteiger partial charge is 0.352 e. The number of anilines is 1. The first-order valence-electron chi connectivity index (χ1n) is 15.1. The average molecular weight is 755 g/mol. The van der Waals surface area contributed by atoms with Gasteiger partial charge < -0.3 is 10.2 Å². The second kappa shape index (κ2) is 16.3. The highest BCUT2D eigenvalue weighted by atomic mass is 35.5. The summed E-state index contributed by atoms with van der Waals surface area (Å²) in [6.07, 6.45) is -4.24. The summed E-state index contributed by atoms with van der Waals surface area (Å²) in [7, 11) is -4.69. The Hall–Kier alpha value is -3.77. The molecule has 49 heavy (non-hydrogen) atoms. The zero-order chi connectivity index (χ0) is 35.9. The number of benzene rings is 4. The van der Waals surface area contributed by atoms with Crippen LogP contribution in [0.3, 0.4) is 0 Å². The number of amides is 2. The topological polar surface area (TPSA) is 86.8 Å². The second-order valence-corrected chi connectivity index (χ2v) is 14.4. The van der Waals surface area contributed by atoms with Crippen molar-refractivity contribution in [2.75, 3.05) is 10.8 Å². The van der Waals surface area contributed by atoms with Crippen molar-refractivity contribution in [3.05, 3.63) is 129 Å². The number of halogens is 6. The molecular formula is C35H33Cl3F3N3O4S. The lowest BCUT2D eigenvalue weighted by molar-refractivity contribution is -0.140. The Balaban J connectivity index is 1.89. The number of hydrogen-bond donors (Lipinski definition) is 1. The lowest BCUT2D eigenvalue weighted by Crippen LogP contribution is -2.54. The third-order valence-corrected chi connectivity index (χ3v) is 10.5. The summed E-state index contributed by atoms with van der Waals surface area (Å²) in [6.45, 7) is 2.39. The molecular weight excluding hydrogens is 722 g/mol. The molecule has 0 fully saturated rings. The van der Waals surface area contributed by atoms with Gasteiger partial charge in [0.25, 0.3) is 10.0 Å². The number of carbonyl (C=O) groups is 2. The summed E-state index contributed by atoms with van der Waals surface area (Å²) in [4.78, 5) is 29.4. The van der Waals surface area contributed by atoms with E-state index in [-0.39, 0.29) is 33.9 Å². The molecule has 0 saturated heterocycles. The first kappa shape index (κ1) is 38.0. The third kappa shape index (κ3) is 9.69. The van der Waals surface area contributed by atoms with Crippen molar-refractivity contribution in [3.8, 4) is 0 Å². The Bertz CT molecular complexity index is 1880. The number of nitrogens with zero attached hydrogens (tertiary/aromatic N) is 2. The van der Waals surface area contributed by atoms with E-state index < -0.39 is 51.9 Å². The van der Waals surface area contributed by atoms with Gasteiger partial charge in [0.15, 0.2) is 0 Å². The molecule has 4 aromatic rings. The van der Waals surface area contributed by atoms with Crippen LogP contribution in [0, 0.1) is 0 Å². The molecule has 0 aliphatic heterocycles. The molecule has 2 amide bonds. The summed E-state index contributed by atoms with van der Waals surface area (Å²) in [5, 5.41) is 3.06. The monoisotopic (exact) mass is 753 g/mol. The minimum atomic E-state index is -4.85. The molecule has 0 heterocycles. The normalized spacial score (nSPS) is 13.0. The lowest BCUT2D eigenvalue weighted by Gasteiger charge is -2.34. The van der Waals surface area contributed by atoms with E-state index in [0.29, 0.717) is 39.0 Å². The van der Waals surface area contributed by atoms with Crippen LogP contribution >= 0.6 is 34.8 Å². The van der Waals surface area contributed by atoms with Gasteiger partial charge in [-0.3, -0.25) is 13.9 Å². The molecule has 0 aliphatic carbocycles. The Morgan fingerprint density at radius 1 is 0.857 bits per heavy atom. The number of carbonyl (C=O) groups excluding carboxylic acids is 2. The van der Waals surface area contributed by atoms with E-state index in [1.54, 1.807) is 55.5 Å². The second-order valence-electron chi connectivity index (χ2n) is 11.3. The zero-order valence-electron chi connectivity index (χ0n) is 26.4. The molecule has 4 rings (SSSR count). The molecule has 7 nitrogen and oxygen atoms in total. The van der Waals surface area contributed by atoms with Crippen LogP contribution in [0.25, 0.3) is 0 Å². The summed E-state index contributed by atoms with van der Waals surface area (Å²) < 4.78 is 70.4. The number of rotatable bonds is 13. The molecule has 0 saturated carbocycles. The van der Waals surface area contributed by atoms with Gasteiger partial charge in [-0.2, -0.15) is 13.2 Å². The maximum atomic E-state index is 14.6. The summed E-state index contributed by atoms with van der Waals surface area (Å²) >= 11 is 19.0. The SMILES string of the molecule is CC[C@H](C)NC(=O)[C@H](Cc1ccccc1)N(Cc1ccc(Cl)cc1Cl)C(=O)CN(c1cc(C(F)(F)F)ccc1Cl)S(=O)(=O)c1ccccc1. The number of alkyl halides is 3. The molecule has 260 valence electrons. The molecule has 2 atom stereocenters. The Morgan fingerprint density at radius 2 is 1.49 bits per heavy atom. The van der Waals surface area contributed by atoms with Crippen LogP contribution in [0.2, 0.25) is 15.1 Å². The van der Waals surface area contributed by atoms with Gasteiger partial charge >= 0.3 is 6.18 Å². The van der Waals surface area contributed by atoms with E-state index >= 15 is 0 Å². The Kier molecular flexibility index (Phi) is 12.6. The molecule has 14 heteroatoms. The van der Waals surface area contributed by atoms with Gasteiger partial charge in [0.05, 0.1) is 21.2 Å². The minimum Gasteiger partial charge on any atom is -0.352 e. The van der Waals surface area contributed by atoms with Crippen molar-refractivity contribution in [3.63, 3.8) is 0 Å². The highest BCUT2D eigenvalue weighted by molar-refractivity contribution is 7.92. The first-order chi connectivity index (χ1) is 23.1. The average Bonchev–Trinajstić information content (AvgIpc) is 3.06. The van der Waals surface area contributed by atoms with E-state index in [0.717, 1.165) is 6.07 Å². The summed E-state index contributed by atoms with van der Waals surface area (Å²) in [5.74, 6) is -1.43. The van der Waals surface area contributed by atoms with E-state index in [2.05, 4.69) is 5.32 Å². The van der Waals surface area contributed by atoms with Crippen molar-refractivity contribution in [2.45, 2.75) is 56.4 Å². The lowest BCUT2D eigenvalue weighted by atomic mass is 10.0. The van der Waals surface area contributed by atoms with Gasteiger partial charge in [-0.05, 0) is 66.9 Å².